The molecule has 1 aromatic heterocycles. The third-order valence-corrected chi connectivity index (χ3v) is 3.26. The van der Waals surface area contributed by atoms with Crippen molar-refractivity contribution in [3.8, 4) is 0 Å². The molecule has 0 bridgehead atoms. The van der Waals surface area contributed by atoms with Crippen LogP contribution in [0, 0.1) is 5.92 Å². The molecule has 3 N–H and O–H groups in total. The molecule has 0 aliphatic heterocycles. The zero-order valence-electron chi connectivity index (χ0n) is 8.54. The number of nitrogen functional groups attached to an aromatic ring is 1. The van der Waals surface area contributed by atoms with Crippen molar-refractivity contribution < 1.29 is 0 Å². The molecule has 5 heteroatoms. The Balaban J connectivity index is 1.84. The minimum Gasteiger partial charge on any atom is -0.382 e. The second-order valence-corrected chi connectivity index (χ2v) is 4.31. The van der Waals surface area contributed by atoms with Gasteiger partial charge >= 0.3 is 0 Å². The zero-order chi connectivity index (χ0) is 10.7. The van der Waals surface area contributed by atoms with Gasteiger partial charge in [0.15, 0.2) is 0 Å². The van der Waals surface area contributed by atoms with Crippen molar-refractivity contribution >= 4 is 23.2 Å². The number of aromatic nitrogens is 2. The normalized spacial score (nSPS) is 16.1. The Morgan fingerprint density at radius 2 is 2.27 bits per heavy atom. The first-order chi connectivity index (χ1) is 7.27. The first-order valence-corrected chi connectivity index (χ1v) is 5.65. The molecule has 0 aromatic carbocycles. The van der Waals surface area contributed by atoms with Crippen LogP contribution in [0.3, 0.4) is 0 Å². The molecule has 2 rings (SSSR count). The molecule has 4 nitrogen and oxygen atoms in total. The molecular formula is C10H15ClN4. The molecule has 0 unspecified atom stereocenters. The summed E-state index contributed by atoms with van der Waals surface area (Å²) in [5.74, 6) is 1.86. The van der Waals surface area contributed by atoms with Crippen LogP contribution in [0.15, 0.2) is 6.33 Å². The van der Waals surface area contributed by atoms with Gasteiger partial charge in [0.05, 0.1) is 0 Å². The van der Waals surface area contributed by atoms with Crippen molar-refractivity contribution in [1.29, 1.82) is 0 Å². The van der Waals surface area contributed by atoms with Crippen LogP contribution in [-0.4, -0.2) is 16.5 Å². The maximum atomic E-state index is 5.94. The summed E-state index contributed by atoms with van der Waals surface area (Å²) >= 11 is 5.94. The molecule has 0 spiro atoms. The first kappa shape index (κ1) is 10.5. The molecule has 1 heterocycles. The van der Waals surface area contributed by atoms with Gasteiger partial charge in [0.2, 0.25) is 0 Å². The van der Waals surface area contributed by atoms with Gasteiger partial charge in [0.1, 0.15) is 23.0 Å². The molecule has 0 atom stereocenters. The monoisotopic (exact) mass is 226 g/mol. The molecule has 0 saturated heterocycles. The van der Waals surface area contributed by atoms with E-state index in [0.29, 0.717) is 16.7 Å². The van der Waals surface area contributed by atoms with E-state index in [0.717, 1.165) is 12.5 Å². The highest BCUT2D eigenvalue weighted by molar-refractivity contribution is 6.35. The molecule has 1 aromatic rings. The number of anilines is 2. The predicted molar refractivity (Wildman–Crippen MR) is 61.9 cm³/mol. The van der Waals surface area contributed by atoms with E-state index < -0.39 is 0 Å². The Kier molecular flexibility index (Phi) is 3.26. The fourth-order valence-corrected chi connectivity index (χ4v) is 1.85. The maximum absolute atomic E-state index is 5.94. The molecule has 82 valence electrons. The van der Waals surface area contributed by atoms with Crippen LogP contribution in [-0.2, 0) is 0 Å². The van der Waals surface area contributed by atoms with Crippen molar-refractivity contribution in [2.45, 2.75) is 25.7 Å². The zero-order valence-corrected chi connectivity index (χ0v) is 9.30. The lowest BCUT2D eigenvalue weighted by Gasteiger charge is -2.25. The van der Waals surface area contributed by atoms with Crippen LogP contribution in [0.25, 0.3) is 0 Å². The van der Waals surface area contributed by atoms with Gasteiger partial charge in [-0.05, 0) is 12.3 Å². The summed E-state index contributed by atoms with van der Waals surface area (Å²) in [5, 5.41) is 3.61. The average molecular weight is 227 g/mol. The van der Waals surface area contributed by atoms with E-state index in [4.69, 9.17) is 17.3 Å². The molecule has 1 fully saturated rings. The van der Waals surface area contributed by atoms with Gasteiger partial charge in [-0.15, -0.1) is 0 Å². The Labute approximate surface area is 94.2 Å². The van der Waals surface area contributed by atoms with Gasteiger partial charge < -0.3 is 11.1 Å². The van der Waals surface area contributed by atoms with Gasteiger partial charge in [0.25, 0.3) is 0 Å². The van der Waals surface area contributed by atoms with E-state index in [2.05, 4.69) is 15.3 Å². The van der Waals surface area contributed by atoms with Gasteiger partial charge in [-0.2, -0.15) is 0 Å². The molecule has 1 saturated carbocycles. The summed E-state index contributed by atoms with van der Waals surface area (Å²) in [6.45, 7) is 0.904. The lowest BCUT2D eigenvalue weighted by Crippen LogP contribution is -2.16. The van der Waals surface area contributed by atoms with Crippen molar-refractivity contribution in [2.24, 2.45) is 5.92 Å². The Bertz CT molecular complexity index is 338. The van der Waals surface area contributed by atoms with E-state index >= 15 is 0 Å². The van der Waals surface area contributed by atoms with Crippen molar-refractivity contribution in [3.63, 3.8) is 0 Å². The molecule has 0 amide bonds. The van der Waals surface area contributed by atoms with Crippen molar-refractivity contribution in [2.75, 3.05) is 17.6 Å². The second-order valence-electron chi connectivity index (χ2n) is 3.93. The smallest absolute Gasteiger partial charge is 0.150 e. The highest BCUT2D eigenvalue weighted by Gasteiger charge is 2.16. The van der Waals surface area contributed by atoms with Gasteiger partial charge in [-0.3, -0.25) is 0 Å². The third kappa shape index (κ3) is 2.50. The Morgan fingerprint density at radius 3 is 2.93 bits per heavy atom. The lowest BCUT2D eigenvalue weighted by molar-refractivity contribution is 0.303. The molecule has 1 aliphatic carbocycles. The van der Waals surface area contributed by atoms with Gasteiger partial charge in [-0.25, -0.2) is 9.97 Å². The molecule has 0 radical (unpaired) electrons. The van der Waals surface area contributed by atoms with Crippen LogP contribution in [0.1, 0.15) is 25.7 Å². The summed E-state index contributed by atoms with van der Waals surface area (Å²) in [6, 6.07) is 0. The van der Waals surface area contributed by atoms with E-state index in [9.17, 15) is 0 Å². The number of hydrogen-bond acceptors (Lipinski definition) is 4. The highest BCUT2D eigenvalue weighted by Crippen LogP contribution is 2.29. The topological polar surface area (TPSA) is 63.8 Å². The van der Waals surface area contributed by atoms with Crippen LogP contribution < -0.4 is 11.1 Å². The van der Waals surface area contributed by atoms with E-state index in [1.54, 1.807) is 0 Å². The number of rotatable bonds is 4. The van der Waals surface area contributed by atoms with Crippen molar-refractivity contribution in [1.82, 2.24) is 9.97 Å². The number of halogens is 1. The van der Waals surface area contributed by atoms with E-state index in [1.807, 2.05) is 0 Å². The SMILES string of the molecule is Nc1ncnc(NCCC2CCC2)c1Cl. The lowest BCUT2D eigenvalue weighted by atomic mass is 9.83. The van der Waals surface area contributed by atoms with Crippen molar-refractivity contribution in [3.05, 3.63) is 11.3 Å². The van der Waals surface area contributed by atoms with Gasteiger partial charge in [0, 0.05) is 6.54 Å². The minimum atomic E-state index is 0.331. The van der Waals surface area contributed by atoms with E-state index in [1.165, 1.54) is 32.0 Å². The summed E-state index contributed by atoms with van der Waals surface area (Å²) in [4.78, 5) is 7.85. The molecule has 1 aliphatic rings. The standard InChI is InChI=1S/C10H15ClN4/c11-8-9(12)14-6-15-10(8)13-5-4-7-2-1-3-7/h6-7H,1-5H2,(H3,12,13,14,15). The van der Waals surface area contributed by atoms with Crippen LogP contribution in [0.2, 0.25) is 5.02 Å². The van der Waals surface area contributed by atoms with E-state index in [-0.39, 0.29) is 0 Å². The first-order valence-electron chi connectivity index (χ1n) is 5.27. The highest BCUT2D eigenvalue weighted by atomic mass is 35.5. The quantitative estimate of drug-likeness (QED) is 0.827. The summed E-state index contributed by atoms with van der Waals surface area (Å²) in [6.07, 6.45) is 6.71. The van der Waals surface area contributed by atoms with Crippen LogP contribution >= 0.6 is 11.6 Å². The Hall–Kier alpha value is -1.03. The van der Waals surface area contributed by atoms with Crippen LogP contribution in [0.4, 0.5) is 11.6 Å². The number of nitrogens with zero attached hydrogens (tertiary/aromatic N) is 2. The second kappa shape index (κ2) is 4.66. The predicted octanol–water partition coefficient (Wildman–Crippen LogP) is 2.31. The minimum absolute atomic E-state index is 0.331. The third-order valence-electron chi connectivity index (χ3n) is 2.89. The summed E-state index contributed by atoms with van der Waals surface area (Å²) in [7, 11) is 0. The molecular weight excluding hydrogens is 212 g/mol. The van der Waals surface area contributed by atoms with Crippen LogP contribution in [0.5, 0.6) is 0 Å². The Morgan fingerprint density at radius 1 is 1.47 bits per heavy atom. The fourth-order valence-electron chi connectivity index (χ4n) is 1.68. The summed E-state index contributed by atoms with van der Waals surface area (Å²) in [5.41, 5.74) is 5.57. The fraction of sp³-hybridized carbons (Fsp3) is 0.600. The molecule has 15 heavy (non-hydrogen) atoms. The number of nitrogens with one attached hydrogen (secondary N) is 1. The average Bonchev–Trinajstić information content (AvgIpc) is 2.16. The van der Waals surface area contributed by atoms with Gasteiger partial charge in [-0.1, -0.05) is 30.9 Å². The maximum Gasteiger partial charge on any atom is 0.150 e. The summed E-state index contributed by atoms with van der Waals surface area (Å²) < 4.78 is 0. The largest absolute Gasteiger partial charge is 0.382 e. The number of hydrogen-bond donors (Lipinski definition) is 2. The number of nitrogens with two attached hydrogens (primary N) is 1.